The van der Waals surface area contributed by atoms with E-state index in [0.717, 1.165) is 51.1 Å². The van der Waals surface area contributed by atoms with Crippen molar-refractivity contribution in [3.8, 4) is 11.4 Å². The molecule has 2 aromatic rings. The van der Waals surface area contributed by atoms with Crippen LogP contribution in [-0.4, -0.2) is 62.5 Å². The second-order valence-electron chi connectivity index (χ2n) is 7.21. The smallest absolute Gasteiger partial charge is 0.226 e. The number of H-pyrrole nitrogens is 1. The van der Waals surface area contributed by atoms with Crippen LogP contribution in [0.1, 0.15) is 25.3 Å². The van der Waals surface area contributed by atoms with Gasteiger partial charge in [0.25, 0.3) is 0 Å². The average Bonchev–Trinajstić information content (AvgIpc) is 3.19. The van der Waals surface area contributed by atoms with Gasteiger partial charge in [-0.15, -0.1) is 10.2 Å². The molecule has 4 rings (SSSR count). The number of tetrazole rings is 1. The molecule has 2 atom stereocenters. The Labute approximate surface area is 147 Å². The number of amides is 1. The molecular formula is C18H24N6O. The number of benzene rings is 1. The lowest BCUT2D eigenvalue weighted by atomic mass is 10.1. The van der Waals surface area contributed by atoms with Crippen LogP contribution >= 0.6 is 0 Å². The van der Waals surface area contributed by atoms with Crippen LogP contribution in [0.2, 0.25) is 0 Å². The molecule has 0 bridgehead atoms. The molecule has 0 radical (unpaired) electrons. The molecule has 2 fully saturated rings. The van der Waals surface area contributed by atoms with Crippen LogP contribution in [-0.2, 0) is 11.3 Å². The molecule has 0 spiro atoms. The van der Waals surface area contributed by atoms with Gasteiger partial charge < -0.3 is 4.90 Å². The van der Waals surface area contributed by atoms with Crippen molar-refractivity contribution in [2.45, 2.75) is 26.3 Å². The highest BCUT2D eigenvalue weighted by Crippen LogP contribution is 2.39. The lowest BCUT2D eigenvalue weighted by molar-refractivity contribution is -0.132. The van der Waals surface area contributed by atoms with E-state index in [0.29, 0.717) is 23.6 Å². The van der Waals surface area contributed by atoms with Gasteiger partial charge in [-0.1, -0.05) is 31.2 Å². The normalized spacial score (nSPS) is 24.1. The Hall–Kier alpha value is -2.28. The minimum atomic E-state index is 0.296. The summed E-state index contributed by atoms with van der Waals surface area (Å²) in [5.41, 5.74) is 2.23. The Morgan fingerprint density at radius 1 is 1.20 bits per heavy atom. The fourth-order valence-electron chi connectivity index (χ4n) is 3.55. The van der Waals surface area contributed by atoms with Crippen LogP contribution in [0.3, 0.4) is 0 Å². The molecule has 1 aromatic heterocycles. The van der Waals surface area contributed by atoms with Gasteiger partial charge in [-0.3, -0.25) is 9.69 Å². The van der Waals surface area contributed by atoms with E-state index in [4.69, 9.17) is 0 Å². The first kappa shape index (κ1) is 16.2. The zero-order chi connectivity index (χ0) is 17.2. The molecular weight excluding hydrogens is 316 g/mol. The van der Waals surface area contributed by atoms with E-state index in [-0.39, 0.29) is 0 Å². The van der Waals surface area contributed by atoms with E-state index in [2.05, 4.69) is 49.5 Å². The first-order valence-corrected chi connectivity index (χ1v) is 9.04. The maximum atomic E-state index is 12.4. The van der Waals surface area contributed by atoms with Crippen molar-refractivity contribution < 1.29 is 4.79 Å². The van der Waals surface area contributed by atoms with Gasteiger partial charge in [0, 0.05) is 44.2 Å². The second-order valence-corrected chi connectivity index (χ2v) is 7.21. The molecule has 1 aliphatic heterocycles. The van der Waals surface area contributed by atoms with Gasteiger partial charge in [0.15, 0.2) is 0 Å². The predicted molar refractivity (Wildman–Crippen MR) is 93.4 cm³/mol. The number of rotatable bonds is 4. The molecule has 1 N–H and O–H groups in total. The predicted octanol–water partition coefficient (Wildman–Crippen LogP) is 1.56. The minimum absolute atomic E-state index is 0.296. The van der Waals surface area contributed by atoms with E-state index in [1.807, 2.05) is 12.1 Å². The average molecular weight is 340 g/mol. The summed E-state index contributed by atoms with van der Waals surface area (Å²) in [5.74, 6) is 1.87. The monoisotopic (exact) mass is 340 g/mol. The lowest BCUT2D eigenvalue weighted by Crippen LogP contribution is -2.36. The van der Waals surface area contributed by atoms with E-state index < -0.39 is 0 Å². The van der Waals surface area contributed by atoms with Crippen molar-refractivity contribution in [2.75, 3.05) is 26.2 Å². The molecule has 7 heteroatoms. The Morgan fingerprint density at radius 2 is 2.00 bits per heavy atom. The summed E-state index contributed by atoms with van der Waals surface area (Å²) in [6.45, 7) is 6.81. The highest BCUT2D eigenvalue weighted by atomic mass is 16.2. The quantitative estimate of drug-likeness (QED) is 0.914. The van der Waals surface area contributed by atoms with E-state index >= 15 is 0 Å². The van der Waals surface area contributed by atoms with Gasteiger partial charge in [0.05, 0.1) is 0 Å². The van der Waals surface area contributed by atoms with Gasteiger partial charge in [0.2, 0.25) is 11.7 Å². The first-order chi connectivity index (χ1) is 12.2. The maximum absolute atomic E-state index is 12.4. The van der Waals surface area contributed by atoms with Crippen LogP contribution in [0.15, 0.2) is 24.3 Å². The summed E-state index contributed by atoms with van der Waals surface area (Å²) in [5, 5.41) is 14.1. The molecule has 1 saturated heterocycles. The molecule has 1 aromatic carbocycles. The molecule has 132 valence electrons. The van der Waals surface area contributed by atoms with Crippen molar-refractivity contribution in [3.63, 3.8) is 0 Å². The summed E-state index contributed by atoms with van der Waals surface area (Å²) >= 11 is 0. The Morgan fingerprint density at radius 3 is 2.68 bits per heavy atom. The number of nitrogens with one attached hydrogen (secondary N) is 1. The van der Waals surface area contributed by atoms with Gasteiger partial charge in [-0.2, -0.15) is 5.21 Å². The summed E-state index contributed by atoms with van der Waals surface area (Å²) in [7, 11) is 0. The SMILES string of the molecule is C[C@H]1C[C@@H]1C(=O)N1CCCN(Cc2ccc(-c3nn[nH]n3)cc2)CC1. The number of carbonyl (C=O) groups is 1. The Kier molecular flexibility index (Phi) is 4.48. The highest BCUT2D eigenvalue weighted by molar-refractivity contribution is 5.81. The van der Waals surface area contributed by atoms with Crippen LogP contribution in [0.5, 0.6) is 0 Å². The number of aromatic amines is 1. The molecule has 1 amide bonds. The van der Waals surface area contributed by atoms with Gasteiger partial charge in [-0.25, -0.2) is 0 Å². The van der Waals surface area contributed by atoms with E-state index in [9.17, 15) is 4.79 Å². The number of hydrogen-bond acceptors (Lipinski definition) is 5. The van der Waals surface area contributed by atoms with Crippen LogP contribution in [0.25, 0.3) is 11.4 Å². The zero-order valence-corrected chi connectivity index (χ0v) is 14.6. The Balaban J connectivity index is 1.33. The third-order valence-electron chi connectivity index (χ3n) is 5.29. The van der Waals surface area contributed by atoms with Crippen LogP contribution < -0.4 is 0 Å². The van der Waals surface area contributed by atoms with Crippen molar-refractivity contribution in [1.82, 2.24) is 30.4 Å². The zero-order valence-electron chi connectivity index (χ0n) is 14.6. The first-order valence-electron chi connectivity index (χ1n) is 9.04. The molecule has 7 nitrogen and oxygen atoms in total. The van der Waals surface area contributed by atoms with Crippen molar-refractivity contribution in [3.05, 3.63) is 29.8 Å². The second kappa shape index (κ2) is 6.92. The maximum Gasteiger partial charge on any atom is 0.226 e. The topological polar surface area (TPSA) is 78.0 Å². The summed E-state index contributed by atoms with van der Waals surface area (Å²) in [6, 6.07) is 8.29. The molecule has 1 aliphatic carbocycles. The van der Waals surface area contributed by atoms with Crippen molar-refractivity contribution in [2.24, 2.45) is 11.8 Å². The summed E-state index contributed by atoms with van der Waals surface area (Å²) in [6.07, 6.45) is 2.12. The molecule has 25 heavy (non-hydrogen) atoms. The van der Waals surface area contributed by atoms with Crippen molar-refractivity contribution >= 4 is 5.91 Å². The van der Waals surface area contributed by atoms with Gasteiger partial charge in [-0.05, 0) is 29.5 Å². The van der Waals surface area contributed by atoms with Crippen molar-refractivity contribution in [1.29, 1.82) is 0 Å². The third-order valence-corrected chi connectivity index (χ3v) is 5.29. The highest BCUT2D eigenvalue weighted by Gasteiger charge is 2.41. The number of aromatic nitrogens is 4. The van der Waals surface area contributed by atoms with Crippen LogP contribution in [0, 0.1) is 11.8 Å². The standard InChI is InChI=1S/C18H24N6O/c1-13-11-16(13)18(25)24-8-2-7-23(9-10-24)12-14-3-5-15(6-4-14)17-19-21-22-20-17/h3-6,13,16H,2,7-12H2,1H3,(H,19,20,21,22)/t13-,16-/m0/s1. The van der Waals surface area contributed by atoms with E-state index in [1.165, 1.54) is 5.56 Å². The van der Waals surface area contributed by atoms with E-state index in [1.54, 1.807) is 0 Å². The fraction of sp³-hybridized carbons (Fsp3) is 0.556. The third kappa shape index (κ3) is 3.71. The molecule has 2 aliphatic rings. The minimum Gasteiger partial charge on any atom is -0.341 e. The number of carbonyl (C=O) groups excluding carboxylic acids is 1. The largest absolute Gasteiger partial charge is 0.341 e. The van der Waals surface area contributed by atoms with Gasteiger partial charge >= 0.3 is 0 Å². The Bertz CT molecular complexity index is 714. The number of nitrogens with zero attached hydrogens (tertiary/aromatic N) is 5. The molecule has 2 heterocycles. The lowest BCUT2D eigenvalue weighted by Gasteiger charge is -2.22. The summed E-state index contributed by atoms with van der Waals surface area (Å²) in [4.78, 5) is 16.9. The molecule has 0 unspecified atom stereocenters. The number of hydrogen-bond donors (Lipinski definition) is 1. The van der Waals surface area contributed by atoms with Gasteiger partial charge in [0.1, 0.15) is 0 Å². The van der Waals surface area contributed by atoms with Crippen LogP contribution in [0.4, 0.5) is 0 Å². The molecule has 1 saturated carbocycles. The summed E-state index contributed by atoms with van der Waals surface area (Å²) < 4.78 is 0. The fourth-order valence-corrected chi connectivity index (χ4v) is 3.55.